The van der Waals surface area contributed by atoms with E-state index in [9.17, 15) is 4.79 Å². The SMILES string of the molecule is CCc1c(-c2nnc(SCC(=O)Nc3nc(-c4ccc(Cl)cc4)cs3)n2C)csc1C. The fourth-order valence-corrected chi connectivity index (χ4v) is 5.66. The summed E-state index contributed by atoms with van der Waals surface area (Å²) in [7, 11) is 1.93. The zero-order valence-corrected chi connectivity index (χ0v) is 20.4. The number of thiophene rings is 1. The Bertz CT molecular complexity index is 1210. The number of nitrogens with zero attached hydrogens (tertiary/aromatic N) is 4. The lowest BCUT2D eigenvalue weighted by Gasteiger charge is -2.05. The summed E-state index contributed by atoms with van der Waals surface area (Å²) in [6.07, 6.45) is 0.953. The average molecular weight is 490 g/mol. The summed E-state index contributed by atoms with van der Waals surface area (Å²) >= 11 is 10.4. The number of anilines is 1. The number of thiazole rings is 1. The predicted molar refractivity (Wildman–Crippen MR) is 130 cm³/mol. The van der Waals surface area contributed by atoms with Crippen LogP contribution in [0.4, 0.5) is 5.13 Å². The summed E-state index contributed by atoms with van der Waals surface area (Å²) in [6, 6.07) is 7.45. The molecule has 0 spiro atoms. The molecule has 0 bridgehead atoms. The maximum absolute atomic E-state index is 12.4. The molecule has 4 aromatic rings. The zero-order chi connectivity index (χ0) is 22.0. The highest BCUT2D eigenvalue weighted by atomic mass is 35.5. The van der Waals surface area contributed by atoms with Crippen molar-refractivity contribution in [3.05, 3.63) is 50.5 Å². The number of carbonyl (C=O) groups excluding carboxylic acids is 1. The zero-order valence-electron chi connectivity index (χ0n) is 17.2. The molecule has 0 fully saturated rings. The van der Waals surface area contributed by atoms with Gasteiger partial charge in [0.2, 0.25) is 5.91 Å². The third kappa shape index (κ3) is 4.85. The maximum atomic E-state index is 12.4. The molecular formula is C21H20ClN5OS3. The van der Waals surface area contributed by atoms with Gasteiger partial charge in [-0.3, -0.25) is 4.79 Å². The van der Waals surface area contributed by atoms with Crippen molar-refractivity contribution in [2.45, 2.75) is 25.4 Å². The lowest BCUT2D eigenvalue weighted by atomic mass is 10.1. The Balaban J connectivity index is 1.38. The maximum Gasteiger partial charge on any atom is 0.236 e. The first-order chi connectivity index (χ1) is 15.0. The molecule has 4 rings (SSSR count). The number of aromatic nitrogens is 4. The number of amides is 1. The Morgan fingerprint density at radius 3 is 2.71 bits per heavy atom. The van der Waals surface area contributed by atoms with Gasteiger partial charge >= 0.3 is 0 Å². The molecule has 0 atom stereocenters. The number of thioether (sulfide) groups is 1. The van der Waals surface area contributed by atoms with Crippen LogP contribution in [0.1, 0.15) is 17.4 Å². The van der Waals surface area contributed by atoms with Crippen LogP contribution in [0.5, 0.6) is 0 Å². The van der Waals surface area contributed by atoms with Crippen molar-refractivity contribution in [1.29, 1.82) is 0 Å². The van der Waals surface area contributed by atoms with E-state index in [2.05, 4.69) is 39.7 Å². The van der Waals surface area contributed by atoms with E-state index in [0.717, 1.165) is 29.1 Å². The number of rotatable bonds is 7. The molecule has 0 saturated carbocycles. The highest BCUT2D eigenvalue weighted by molar-refractivity contribution is 7.99. The van der Waals surface area contributed by atoms with Crippen LogP contribution in [-0.2, 0) is 18.3 Å². The fourth-order valence-electron chi connectivity index (χ4n) is 3.15. The predicted octanol–water partition coefficient (Wildman–Crippen LogP) is 5.92. The number of nitrogens with one attached hydrogen (secondary N) is 1. The van der Waals surface area contributed by atoms with Gasteiger partial charge in [-0.05, 0) is 31.0 Å². The topological polar surface area (TPSA) is 72.7 Å². The second-order valence-corrected chi connectivity index (χ2v) is 10.1. The minimum Gasteiger partial charge on any atom is -0.305 e. The highest BCUT2D eigenvalue weighted by Gasteiger charge is 2.17. The quantitative estimate of drug-likeness (QED) is 0.326. The summed E-state index contributed by atoms with van der Waals surface area (Å²) in [5.41, 5.74) is 4.18. The molecule has 6 nitrogen and oxygen atoms in total. The number of halogens is 1. The molecule has 0 saturated heterocycles. The van der Waals surface area contributed by atoms with Crippen molar-refractivity contribution in [2.75, 3.05) is 11.1 Å². The average Bonchev–Trinajstić information content (AvgIpc) is 3.46. The second-order valence-electron chi connectivity index (χ2n) is 6.78. The van der Waals surface area contributed by atoms with Crippen molar-refractivity contribution in [1.82, 2.24) is 19.7 Å². The van der Waals surface area contributed by atoms with Gasteiger partial charge in [0.05, 0.1) is 11.4 Å². The molecule has 31 heavy (non-hydrogen) atoms. The van der Waals surface area contributed by atoms with Crippen molar-refractivity contribution in [2.24, 2.45) is 7.05 Å². The molecule has 1 amide bonds. The van der Waals surface area contributed by atoms with Gasteiger partial charge in [0.25, 0.3) is 0 Å². The third-order valence-corrected chi connectivity index (χ3v) is 7.74. The Hall–Kier alpha value is -2.20. The largest absolute Gasteiger partial charge is 0.305 e. The summed E-state index contributed by atoms with van der Waals surface area (Å²) in [6.45, 7) is 4.27. The lowest BCUT2D eigenvalue weighted by molar-refractivity contribution is -0.113. The van der Waals surface area contributed by atoms with Crippen molar-refractivity contribution >= 4 is 57.1 Å². The first-order valence-electron chi connectivity index (χ1n) is 9.57. The van der Waals surface area contributed by atoms with Gasteiger partial charge in [-0.25, -0.2) is 4.98 Å². The van der Waals surface area contributed by atoms with E-state index < -0.39 is 0 Å². The monoisotopic (exact) mass is 489 g/mol. The Kier molecular flexibility index (Phi) is 6.76. The molecule has 160 valence electrons. The van der Waals surface area contributed by atoms with Crippen LogP contribution < -0.4 is 5.32 Å². The van der Waals surface area contributed by atoms with Crippen LogP contribution in [0.25, 0.3) is 22.6 Å². The van der Waals surface area contributed by atoms with Gasteiger partial charge in [0, 0.05) is 38.8 Å². The second kappa shape index (κ2) is 9.52. The van der Waals surface area contributed by atoms with Crippen LogP contribution in [-0.4, -0.2) is 31.4 Å². The van der Waals surface area contributed by atoms with E-state index >= 15 is 0 Å². The minimum absolute atomic E-state index is 0.132. The van der Waals surface area contributed by atoms with E-state index in [0.29, 0.717) is 15.3 Å². The summed E-state index contributed by atoms with van der Waals surface area (Å²) < 4.78 is 1.95. The van der Waals surface area contributed by atoms with Crippen molar-refractivity contribution < 1.29 is 4.79 Å². The molecule has 0 unspecified atom stereocenters. The molecular weight excluding hydrogens is 470 g/mol. The summed E-state index contributed by atoms with van der Waals surface area (Å²) in [4.78, 5) is 18.2. The van der Waals surface area contributed by atoms with Gasteiger partial charge in [-0.2, -0.15) is 0 Å². The number of benzene rings is 1. The summed E-state index contributed by atoms with van der Waals surface area (Å²) in [5, 5.41) is 17.5. The van der Waals surface area contributed by atoms with Crippen LogP contribution in [0.15, 0.2) is 40.2 Å². The molecule has 1 aromatic carbocycles. The van der Waals surface area contributed by atoms with Crippen molar-refractivity contribution in [3.8, 4) is 22.6 Å². The molecule has 0 aliphatic carbocycles. The minimum atomic E-state index is -0.132. The van der Waals surface area contributed by atoms with Gasteiger partial charge in [-0.1, -0.05) is 42.4 Å². The van der Waals surface area contributed by atoms with Crippen molar-refractivity contribution in [3.63, 3.8) is 0 Å². The highest BCUT2D eigenvalue weighted by Crippen LogP contribution is 2.32. The fraction of sp³-hybridized carbons (Fsp3) is 0.238. The van der Waals surface area contributed by atoms with Gasteiger partial charge < -0.3 is 9.88 Å². The molecule has 0 aliphatic rings. The molecule has 3 aromatic heterocycles. The number of hydrogen-bond donors (Lipinski definition) is 1. The van der Waals surface area contributed by atoms with Gasteiger partial charge in [0.15, 0.2) is 16.1 Å². The van der Waals surface area contributed by atoms with E-state index in [1.54, 1.807) is 11.3 Å². The molecule has 0 radical (unpaired) electrons. The Labute approximate surface area is 197 Å². The van der Waals surface area contributed by atoms with Crippen LogP contribution in [0, 0.1) is 6.92 Å². The first-order valence-corrected chi connectivity index (χ1v) is 12.7. The van der Waals surface area contributed by atoms with Crippen LogP contribution in [0.3, 0.4) is 0 Å². The van der Waals surface area contributed by atoms with E-state index in [-0.39, 0.29) is 11.7 Å². The number of carbonyl (C=O) groups is 1. The normalized spacial score (nSPS) is 11.1. The standard InChI is InChI=1S/C21H20ClN5OS3/c1-4-15-12(2)29-9-16(15)19-25-26-21(27(19)3)31-11-18(28)24-20-23-17(10-30-20)13-5-7-14(22)8-6-13/h5-10H,4,11H2,1-3H3,(H,23,24,28). The lowest BCUT2D eigenvalue weighted by Crippen LogP contribution is -2.14. The van der Waals surface area contributed by atoms with E-state index in [1.165, 1.54) is 33.5 Å². The third-order valence-electron chi connectivity index (χ3n) is 4.76. The number of hydrogen-bond acceptors (Lipinski definition) is 7. The van der Waals surface area contributed by atoms with Crippen LogP contribution >= 0.6 is 46.0 Å². The Morgan fingerprint density at radius 1 is 1.19 bits per heavy atom. The van der Waals surface area contributed by atoms with Crippen LogP contribution in [0.2, 0.25) is 5.02 Å². The molecule has 0 aliphatic heterocycles. The van der Waals surface area contributed by atoms with Gasteiger partial charge in [0.1, 0.15) is 0 Å². The molecule has 1 N–H and O–H groups in total. The molecule has 10 heteroatoms. The molecule has 3 heterocycles. The van der Waals surface area contributed by atoms with E-state index in [4.69, 9.17) is 11.6 Å². The first kappa shape index (κ1) is 22.0. The summed E-state index contributed by atoms with van der Waals surface area (Å²) in [5.74, 6) is 0.925. The Morgan fingerprint density at radius 2 is 1.97 bits per heavy atom. The van der Waals surface area contributed by atoms with E-state index in [1.807, 2.05) is 41.3 Å². The van der Waals surface area contributed by atoms with Gasteiger partial charge in [-0.15, -0.1) is 32.9 Å². The number of aryl methyl sites for hydroxylation is 1. The smallest absolute Gasteiger partial charge is 0.236 e.